The molecular weight excluding hydrogens is 427 g/mol. The number of benzene rings is 2. The molecule has 2 aromatic carbocycles. The van der Waals surface area contributed by atoms with E-state index in [9.17, 15) is 19.1 Å². The number of carboxylic acid groups (broad SMARTS) is 1. The fourth-order valence-corrected chi connectivity index (χ4v) is 4.00. The Morgan fingerprint density at radius 3 is 2.68 bits per heavy atom. The highest BCUT2D eigenvalue weighted by atomic mass is 79.9. The SMILES string of the molecule is CC1Cc2ccc(F)c(Br)c2CN1CC(=O)N[C@H](Cc1ccccc1)C(=O)O. The zero-order chi connectivity index (χ0) is 20.3. The largest absolute Gasteiger partial charge is 0.480 e. The molecule has 28 heavy (non-hydrogen) atoms. The normalized spacial score (nSPS) is 17.6. The maximum atomic E-state index is 13.9. The number of halogens is 2. The van der Waals surface area contributed by atoms with E-state index in [0.717, 1.165) is 16.7 Å². The first-order chi connectivity index (χ1) is 13.3. The van der Waals surface area contributed by atoms with Gasteiger partial charge < -0.3 is 10.4 Å². The van der Waals surface area contributed by atoms with Crippen molar-refractivity contribution in [2.75, 3.05) is 6.54 Å². The van der Waals surface area contributed by atoms with Crippen LogP contribution in [0.1, 0.15) is 23.6 Å². The quantitative estimate of drug-likeness (QED) is 0.711. The third-order valence-corrected chi connectivity index (χ3v) is 5.91. The Morgan fingerprint density at radius 1 is 1.29 bits per heavy atom. The first-order valence-electron chi connectivity index (χ1n) is 9.11. The Balaban J connectivity index is 1.66. The van der Waals surface area contributed by atoms with Crippen molar-refractivity contribution < 1.29 is 19.1 Å². The highest BCUT2D eigenvalue weighted by Gasteiger charge is 2.28. The second-order valence-corrected chi connectivity index (χ2v) is 7.90. The van der Waals surface area contributed by atoms with Crippen molar-refractivity contribution in [3.05, 3.63) is 69.4 Å². The molecule has 1 aliphatic rings. The molecule has 0 fully saturated rings. The number of aliphatic carboxylic acids is 1. The summed E-state index contributed by atoms with van der Waals surface area (Å²) in [6.07, 6.45) is 0.922. The molecule has 148 valence electrons. The van der Waals surface area contributed by atoms with E-state index in [1.165, 1.54) is 6.07 Å². The van der Waals surface area contributed by atoms with E-state index in [-0.39, 0.29) is 30.7 Å². The van der Waals surface area contributed by atoms with Crippen molar-refractivity contribution in [2.24, 2.45) is 0 Å². The Morgan fingerprint density at radius 2 is 2.00 bits per heavy atom. The van der Waals surface area contributed by atoms with Gasteiger partial charge in [0.15, 0.2) is 0 Å². The van der Waals surface area contributed by atoms with E-state index in [4.69, 9.17) is 0 Å². The summed E-state index contributed by atoms with van der Waals surface area (Å²) in [6, 6.07) is 11.5. The van der Waals surface area contributed by atoms with Crippen molar-refractivity contribution >= 4 is 27.8 Å². The Labute approximate surface area is 171 Å². The van der Waals surface area contributed by atoms with E-state index in [1.807, 2.05) is 42.2 Å². The fourth-order valence-electron chi connectivity index (χ4n) is 3.49. The van der Waals surface area contributed by atoms with E-state index in [0.29, 0.717) is 17.4 Å². The second-order valence-electron chi connectivity index (χ2n) is 7.11. The molecule has 2 N–H and O–H groups in total. The van der Waals surface area contributed by atoms with Gasteiger partial charge in [-0.2, -0.15) is 0 Å². The van der Waals surface area contributed by atoms with E-state index in [1.54, 1.807) is 6.07 Å². The van der Waals surface area contributed by atoms with Crippen LogP contribution in [0.15, 0.2) is 46.9 Å². The summed E-state index contributed by atoms with van der Waals surface area (Å²) in [5, 5.41) is 12.1. The molecule has 7 heteroatoms. The molecule has 0 saturated carbocycles. The number of hydrogen-bond donors (Lipinski definition) is 2. The molecule has 1 aliphatic heterocycles. The standard InChI is InChI=1S/C21H22BrFN2O3/c1-13-9-15-7-8-17(23)20(22)16(15)11-25(13)12-19(26)24-18(21(27)28)10-14-5-3-2-4-6-14/h2-8,13,18H,9-12H2,1H3,(H,24,26)(H,27,28)/t13?,18-/m1/s1. The molecule has 2 atom stereocenters. The van der Waals surface area contributed by atoms with Crippen LogP contribution in [0.3, 0.4) is 0 Å². The summed E-state index contributed by atoms with van der Waals surface area (Å²) in [4.78, 5) is 26.0. The topological polar surface area (TPSA) is 69.6 Å². The predicted molar refractivity (Wildman–Crippen MR) is 107 cm³/mol. The number of carbonyl (C=O) groups excluding carboxylic acids is 1. The van der Waals surface area contributed by atoms with Gasteiger partial charge in [-0.15, -0.1) is 0 Å². The lowest BCUT2D eigenvalue weighted by molar-refractivity contribution is -0.142. The number of nitrogens with zero attached hydrogens (tertiary/aromatic N) is 1. The molecule has 0 radical (unpaired) electrons. The minimum Gasteiger partial charge on any atom is -0.480 e. The molecule has 0 spiro atoms. The number of fused-ring (bicyclic) bond motifs is 1. The van der Waals surface area contributed by atoms with Gasteiger partial charge in [0.25, 0.3) is 0 Å². The van der Waals surface area contributed by atoms with Gasteiger partial charge in [-0.3, -0.25) is 9.69 Å². The molecular formula is C21H22BrFN2O3. The van der Waals surface area contributed by atoms with Crippen LogP contribution < -0.4 is 5.32 Å². The molecule has 1 amide bonds. The zero-order valence-corrected chi connectivity index (χ0v) is 17.1. The molecule has 0 saturated heterocycles. The van der Waals surface area contributed by atoms with Crippen LogP contribution in [0, 0.1) is 5.82 Å². The van der Waals surface area contributed by atoms with Crippen molar-refractivity contribution in [1.29, 1.82) is 0 Å². The van der Waals surface area contributed by atoms with Gasteiger partial charge in [0.05, 0.1) is 11.0 Å². The molecule has 3 rings (SSSR count). The monoisotopic (exact) mass is 448 g/mol. The summed E-state index contributed by atoms with van der Waals surface area (Å²) in [5.41, 5.74) is 2.74. The maximum absolute atomic E-state index is 13.9. The first kappa shape index (κ1) is 20.5. The summed E-state index contributed by atoms with van der Waals surface area (Å²) < 4.78 is 14.3. The highest BCUT2D eigenvalue weighted by Crippen LogP contribution is 2.31. The van der Waals surface area contributed by atoms with E-state index in [2.05, 4.69) is 21.2 Å². The van der Waals surface area contributed by atoms with Crippen LogP contribution in [0.4, 0.5) is 4.39 Å². The summed E-state index contributed by atoms with van der Waals surface area (Å²) in [7, 11) is 0. The van der Waals surface area contributed by atoms with Crippen molar-refractivity contribution in [3.8, 4) is 0 Å². The number of nitrogens with one attached hydrogen (secondary N) is 1. The van der Waals surface area contributed by atoms with Crippen molar-refractivity contribution in [2.45, 2.75) is 38.4 Å². The van der Waals surface area contributed by atoms with Gasteiger partial charge >= 0.3 is 5.97 Å². The zero-order valence-electron chi connectivity index (χ0n) is 15.5. The lowest BCUT2D eigenvalue weighted by atomic mass is 9.94. The Kier molecular flexibility index (Phi) is 6.46. The van der Waals surface area contributed by atoms with Gasteiger partial charge in [0, 0.05) is 19.0 Å². The van der Waals surface area contributed by atoms with Crippen LogP contribution in [-0.2, 0) is 29.0 Å². The Hall–Kier alpha value is -2.25. The molecule has 1 heterocycles. The van der Waals surface area contributed by atoms with Crippen molar-refractivity contribution in [3.63, 3.8) is 0 Å². The fraction of sp³-hybridized carbons (Fsp3) is 0.333. The molecule has 0 bridgehead atoms. The predicted octanol–water partition coefficient (Wildman–Crippen LogP) is 3.15. The minimum atomic E-state index is -1.07. The average Bonchev–Trinajstić information content (AvgIpc) is 2.66. The van der Waals surface area contributed by atoms with Gasteiger partial charge in [-0.25, -0.2) is 9.18 Å². The first-order valence-corrected chi connectivity index (χ1v) is 9.90. The van der Waals surface area contributed by atoms with Crippen molar-refractivity contribution in [1.82, 2.24) is 10.2 Å². The Bertz CT molecular complexity index is 875. The lowest BCUT2D eigenvalue weighted by Gasteiger charge is -2.35. The number of amides is 1. The molecule has 5 nitrogen and oxygen atoms in total. The van der Waals surface area contributed by atoms with E-state index < -0.39 is 12.0 Å². The van der Waals surface area contributed by atoms with Crippen LogP contribution in [0.25, 0.3) is 0 Å². The smallest absolute Gasteiger partial charge is 0.326 e. The van der Waals surface area contributed by atoms with Crippen LogP contribution in [0.5, 0.6) is 0 Å². The van der Waals surface area contributed by atoms with Gasteiger partial charge in [-0.1, -0.05) is 36.4 Å². The summed E-state index contributed by atoms with van der Waals surface area (Å²) >= 11 is 3.30. The minimum absolute atomic E-state index is 0.0577. The summed E-state index contributed by atoms with van der Waals surface area (Å²) in [5.74, 6) is -1.75. The average molecular weight is 449 g/mol. The molecule has 0 aromatic heterocycles. The van der Waals surface area contributed by atoms with Gasteiger partial charge in [0.1, 0.15) is 11.9 Å². The third-order valence-electron chi connectivity index (χ3n) is 5.06. The maximum Gasteiger partial charge on any atom is 0.326 e. The molecule has 1 unspecified atom stereocenters. The van der Waals surface area contributed by atoms with Gasteiger partial charge in [0.2, 0.25) is 5.91 Å². The van der Waals surface area contributed by atoms with Gasteiger partial charge in [-0.05, 0) is 52.0 Å². The lowest BCUT2D eigenvalue weighted by Crippen LogP contribution is -2.49. The highest BCUT2D eigenvalue weighted by molar-refractivity contribution is 9.10. The van der Waals surface area contributed by atoms with Crippen LogP contribution >= 0.6 is 15.9 Å². The molecule has 0 aliphatic carbocycles. The van der Waals surface area contributed by atoms with Crippen LogP contribution in [0.2, 0.25) is 0 Å². The number of rotatable bonds is 6. The van der Waals surface area contributed by atoms with Crippen LogP contribution in [-0.4, -0.2) is 40.5 Å². The molecule has 2 aromatic rings. The summed E-state index contributed by atoms with van der Waals surface area (Å²) in [6.45, 7) is 2.49. The third kappa shape index (κ3) is 4.77. The van der Waals surface area contributed by atoms with E-state index >= 15 is 0 Å². The number of carboxylic acids is 1. The number of hydrogen-bond acceptors (Lipinski definition) is 3. The number of carbonyl (C=O) groups is 2. The second kappa shape index (κ2) is 8.84.